The fourth-order valence-electron chi connectivity index (χ4n) is 1.87. The average molecular weight is 306 g/mol. The quantitative estimate of drug-likeness (QED) is 0.783. The van der Waals surface area contributed by atoms with E-state index >= 15 is 0 Å². The van der Waals surface area contributed by atoms with Crippen LogP contribution in [0, 0.1) is 17.1 Å². The summed E-state index contributed by atoms with van der Waals surface area (Å²) in [5.41, 5.74) is 1.76. The fraction of sp³-hybridized carbons (Fsp3) is 0.188. The number of rotatable bonds is 5. The minimum absolute atomic E-state index is 0.142. The first-order valence-corrected chi connectivity index (χ1v) is 6.75. The first-order valence-electron chi connectivity index (χ1n) is 6.21. The molecular formula is C16H13ClFNO2. The van der Waals surface area contributed by atoms with Crippen LogP contribution in [0.5, 0.6) is 11.5 Å². The number of nitriles is 1. The van der Waals surface area contributed by atoms with E-state index in [1.54, 1.807) is 18.2 Å². The van der Waals surface area contributed by atoms with Gasteiger partial charge in [-0.1, -0.05) is 6.07 Å². The Balaban J connectivity index is 2.16. The Bertz CT molecular complexity index is 682. The van der Waals surface area contributed by atoms with E-state index in [0.29, 0.717) is 22.9 Å². The lowest BCUT2D eigenvalue weighted by molar-refractivity contribution is 0.284. The predicted molar refractivity (Wildman–Crippen MR) is 78.0 cm³/mol. The van der Waals surface area contributed by atoms with Crippen molar-refractivity contribution in [1.29, 1.82) is 5.26 Å². The number of halogens is 2. The minimum Gasteiger partial charge on any atom is -0.493 e. The number of benzene rings is 2. The van der Waals surface area contributed by atoms with Gasteiger partial charge in [0.15, 0.2) is 11.5 Å². The molecular weight excluding hydrogens is 293 g/mol. The molecule has 2 aromatic carbocycles. The van der Waals surface area contributed by atoms with Crippen molar-refractivity contribution in [2.24, 2.45) is 0 Å². The molecule has 0 spiro atoms. The van der Waals surface area contributed by atoms with E-state index in [1.807, 2.05) is 12.1 Å². The van der Waals surface area contributed by atoms with Gasteiger partial charge in [-0.05, 0) is 41.5 Å². The normalized spacial score (nSPS) is 10.0. The lowest BCUT2D eigenvalue weighted by atomic mass is 10.1. The second-order valence-corrected chi connectivity index (χ2v) is 4.63. The Morgan fingerprint density at radius 1 is 1.14 bits per heavy atom. The first-order chi connectivity index (χ1) is 10.2. The molecule has 0 aliphatic rings. The summed E-state index contributed by atoms with van der Waals surface area (Å²) in [5.74, 6) is 1.02. The third-order valence-electron chi connectivity index (χ3n) is 2.86. The first kappa shape index (κ1) is 15.1. The average Bonchev–Trinajstić information content (AvgIpc) is 2.52. The molecule has 2 aromatic rings. The van der Waals surface area contributed by atoms with E-state index in [0.717, 1.165) is 5.56 Å². The molecule has 0 atom stereocenters. The number of methoxy groups -OCH3 is 1. The highest BCUT2D eigenvalue weighted by Gasteiger charge is 2.07. The van der Waals surface area contributed by atoms with E-state index in [-0.39, 0.29) is 12.2 Å². The number of ether oxygens (including phenoxy) is 2. The maximum Gasteiger partial charge on any atom is 0.161 e. The highest BCUT2D eigenvalue weighted by molar-refractivity contribution is 6.17. The van der Waals surface area contributed by atoms with Crippen molar-refractivity contribution in [3.63, 3.8) is 0 Å². The summed E-state index contributed by atoms with van der Waals surface area (Å²) in [4.78, 5) is 0. The van der Waals surface area contributed by atoms with Crippen LogP contribution in [0.2, 0.25) is 0 Å². The molecule has 0 aliphatic carbocycles. The molecule has 3 nitrogen and oxygen atoms in total. The molecule has 2 rings (SSSR count). The van der Waals surface area contributed by atoms with Gasteiger partial charge < -0.3 is 9.47 Å². The zero-order valence-electron chi connectivity index (χ0n) is 11.4. The van der Waals surface area contributed by atoms with Gasteiger partial charge in [0.05, 0.1) is 18.7 Å². The summed E-state index contributed by atoms with van der Waals surface area (Å²) in [5, 5.41) is 8.82. The van der Waals surface area contributed by atoms with Crippen LogP contribution in [-0.4, -0.2) is 7.11 Å². The van der Waals surface area contributed by atoms with Gasteiger partial charge in [-0.2, -0.15) is 5.26 Å². The van der Waals surface area contributed by atoms with Gasteiger partial charge in [-0.15, -0.1) is 11.6 Å². The van der Waals surface area contributed by atoms with Gasteiger partial charge >= 0.3 is 0 Å². The standard InChI is InChI=1S/C16H13ClFNO2/c1-20-16-7-11(8-17)2-3-15(16)21-10-13-4-12(9-19)5-14(18)6-13/h2-7H,8,10H2,1H3. The monoisotopic (exact) mass is 305 g/mol. The predicted octanol–water partition coefficient (Wildman–Crippen LogP) is 4.02. The Morgan fingerprint density at radius 2 is 1.95 bits per heavy atom. The molecule has 0 aliphatic heterocycles. The summed E-state index contributed by atoms with van der Waals surface area (Å²) in [6.07, 6.45) is 0. The maximum absolute atomic E-state index is 13.3. The second-order valence-electron chi connectivity index (χ2n) is 4.37. The van der Waals surface area contributed by atoms with E-state index < -0.39 is 5.82 Å². The Kier molecular flexibility index (Phi) is 5.02. The van der Waals surface area contributed by atoms with Crippen molar-refractivity contribution >= 4 is 11.6 Å². The Morgan fingerprint density at radius 3 is 2.62 bits per heavy atom. The third-order valence-corrected chi connectivity index (χ3v) is 3.17. The van der Waals surface area contributed by atoms with Gasteiger partial charge in [-0.3, -0.25) is 0 Å². The molecule has 0 heterocycles. The van der Waals surface area contributed by atoms with Crippen molar-refractivity contribution in [2.45, 2.75) is 12.5 Å². The number of nitrogens with zero attached hydrogens (tertiary/aromatic N) is 1. The van der Waals surface area contributed by atoms with Crippen molar-refractivity contribution in [1.82, 2.24) is 0 Å². The van der Waals surface area contributed by atoms with E-state index in [9.17, 15) is 4.39 Å². The van der Waals surface area contributed by atoms with Crippen LogP contribution in [0.25, 0.3) is 0 Å². The molecule has 0 aromatic heterocycles. The van der Waals surface area contributed by atoms with Crippen molar-refractivity contribution < 1.29 is 13.9 Å². The maximum atomic E-state index is 13.3. The van der Waals surface area contributed by atoms with Crippen LogP contribution in [0.15, 0.2) is 36.4 Å². The third kappa shape index (κ3) is 3.87. The minimum atomic E-state index is -0.461. The molecule has 0 radical (unpaired) electrons. The van der Waals surface area contributed by atoms with E-state index in [4.69, 9.17) is 26.3 Å². The van der Waals surface area contributed by atoms with Crippen molar-refractivity contribution in [3.8, 4) is 17.6 Å². The zero-order chi connectivity index (χ0) is 15.2. The van der Waals surface area contributed by atoms with Crippen LogP contribution in [0.3, 0.4) is 0 Å². The van der Waals surface area contributed by atoms with Gasteiger partial charge in [0.1, 0.15) is 12.4 Å². The highest BCUT2D eigenvalue weighted by atomic mass is 35.5. The fourth-order valence-corrected chi connectivity index (χ4v) is 2.04. The van der Waals surface area contributed by atoms with Gasteiger partial charge in [0.25, 0.3) is 0 Å². The smallest absolute Gasteiger partial charge is 0.161 e. The molecule has 21 heavy (non-hydrogen) atoms. The molecule has 0 N–H and O–H groups in total. The summed E-state index contributed by atoms with van der Waals surface area (Å²) in [7, 11) is 1.54. The van der Waals surface area contributed by atoms with Crippen LogP contribution in [-0.2, 0) is 12.5 Å². The van der Waals surface area contributed by atoms with Crippen LogP contribution in [0.1, 0.15) is 16.7 Å². The second kappa shape index (κ2) is 6.96. The zero-order valence-corrected chi connectivity index (χ0v) is 12.2. The lowest BCUT2D eigenvalue weighted by Crippen LogP contribution is -1.99. The number of hydrogen-bond acceptors (Lipinski definition) is 3. The molecule has 0 fully saturated rings. The Hall–Kier alpha value is -2.25. The largest absolute Gasteiger partial charge is 0.493 e. The molecule has 0 bridgehead atoms. The number of alkyl halides is 1. The topological polar surface area (TPSA) is 42.2 Å². The molecule has 0 saturated heterocycles. The lowest BCUT2D eigenvalue weighted by Gasteiger charge is -2.12. The molecule has 0 amide bonds. The van der Waals surface area contributed by atoms with Crippen LogP contribution in [0.4, 0.5) is 4.39 Å². The van der Waals surface area contributed by atoms with E-state index in [2.05, 4.69) is 0 Å². The molecule has 5 heteroatoms. The van der Waals surface area contributed by atoms with Gasteiger partial charge in [0, 0.05) is 5.88 Å². The molecule has 0 unspecified atom stereocenters. The van der Waals surface area contributed by atoms with Crippen LogP contribution < -0.4 is 9.47 Å². The summed E-state index contributed by atoms with van der Waals surface area (Å²) in [6.45, 7) is 0.142. The van der Waals surface area contributed by atoms with Gasteiger partial charge in [0.2, 0.25) is 0 Å². The van der Waals surface area contributed by atoms with Crippen LogP contribution >= 0.6 is 11.6 Å². The molecule has 108 valence electrons. The number of hydrogen-bond donors (Lipinski definition) is 0. The molecule has 0 saturated carbocycles. The summed E-state index contributed by atoms with van der Waals surface area (Å²) < 4.78 is 24.2. The summed E-state index contributed by atoms with van der Waals surface area (Å²) in [6, 6.07) is 11.4. The SMILES string of the molecule is COc1cc(CCl)ccc1OCc1cc(F)cc(C#N)c1. The van der Waals surface area contributed by atoms with Gasteiger partial charge in [-0.25, -0.2) is 4.39 Å². The summed E-state index contributed by atoms with van der Waals surface area (Å²) >= 11 is 5.76. The van der Waals surface area contributed by atoms with E-state index in [1.165, 1.54) is 19.2 Å². The van der Waals surface area contributed by atoms with Crippen molar-refractivity contribution in [2.75, 3.05) is 7.11 Å². The highest BCUT2D eigenvalue weighted by Crippen LogP contribution is 2.29. The Labute approximate surface area is 127 Å². The van der Waals surface area contributed by atoms with Crippen molar-refractivity contribution in [3.05, 3.63) is 58.9 Å².